The van der Waals surface area contributed by atoms with Crippen LogP contribution in [0.4, 0.5) is 0 Å². The Balaban J connectivity index is 2.52. The van der Waals surface area contributed by atoms with E-state index in [1.807, 2.05) is 0 Å². The maximum absolute atomic E-state index is 13.0. The first-order valence-corrected chi connectivity index (χ1v) is 10.9. The van der Waals surface area contributed by atoms with Gasteiger partial charge in [-0.05, 0) is 50.1 Å². The Kier molecular flexibility index (Phi) is 4.59. The van der Waals surface area contributed by atoms with Crippen LogP contribution < -0.4 is 0 Å². The van der Waals surface area contributed by atoms with Gasteiger partial charge in [-0.15, -0.1) is 0 Å². The summed E-state index contributed by atoms with van der Waals surface area (Å²) >= 11 is 0. The van der Waals surface area contributed by atoms with Crippen molar-refractivity contribution in [3.63, 3.8) is 0 Å². The zero-order valence-electron chi connectivity index (χ0n) is 18.2. The van der Waals surface area contributed by atoms with Crippen LogP contribution in [0.2, 0.25) is 0 Å². The molecule has 0 N–H and O–H groups in total. The SMILES string of the molecule is CC(C)(C)c1cc(C(C)(C)C)c2o[p+](=O)c3cc(C(C)(C)C)ccc3c2c1. The molecule has 27 heavy (non-hydrogen) atoms. The Labute approximate surface area is 163 Å². The Morgan fingerprint density at radius 1 is 0.704 bits per heavy atom. The van der Waals surface area contributed by atoms with E-state index in [1.165, 1.54) is 11.1 Å². The van der Waals surface area contributed by atoms with E-state index >= 15 is 0 Å². The first-order valence-electron chi connectivity index (χ1n) is 9.69. The fourth-order valence-corrected chi connectivity index (χ4v) is 4.52. The van der Waals surface area contributed by atoms with Gasteiger partial charge in [0.05, 0.1) is 0 Å². The van der Waals surface area contributed by atoms with E-state index in [-0.39, 0.29) is 16.2 Å². The average Bonchev–Trinajstić information content (AvgIpc) is 2.51. The quantitative estimate of drug-likeness (QED) is 0.366. The first-order chi connectivity index (χ1) is 12.2. The minimum atomic E-state index is -1.91. The van der Waals surface area contributed by atoms with Gasteiger partial charge in [-0.3, -0.25) is 0 Å². The fraction of sp³-hybridized carbons (Fsp3) is 0.500. The topological polar surface area (TPSA) is 30.2 Å². The molecular weight excluding hydrogens is 351 g/mol. The van der Waals surface area contributed by atoms with Crippen LogP contribution in [0.5, 0.6) is 0 Å². The first kappa shape index (κ1) is 20.1. The van der Waals surface area contributed by atoms with Gasteiger partial charge < -0.3 is 0 Å². The molecule has 0 bridgehead atoms. The lowest BCUT2D eigenvalue weighted by Crippen LogP contribution is -2.16. The van der Waals surface area contributed by atoms with E-state index in [0.29, 0.717) is 0 Å². The fourth-order valence-electron chi connectivity index (χ4n) is 3.43. The highest BCUT2D eigenvalue weighted by Crippen LogP contribution is 2.43. The van der Waals surface area contributed by atoms with Crippen molar-refractivity contribution in [2.75, 3.05) is 0 Å². The zero-order valence-corrected chi connectivity index (χ0v) is 19.0. The van der Waals surface area contributed by atoms with Crippen LogP contribution in [0.3, 0.4) is 0 Å². The molecular formula is C24H32O2P+. The Hall–Kier alpha value is -1.66. The average molecular weight is 383 g/mol. The number of hydrogen-bond donors (Lipinski definition) is 0. The van der Waals surface area contributed by atoms with Gasteiger partial charge in [0, 0.05) is 16.3 Å². The van der Waals surface area contributed by atoms with Gasteiger partial charge in [-0.25, -0.2) is 4.20 Å². The zero-order chi connectivity index (χ0) is 20.4. The molecule has 1 unspecified atom stereocenters. The van der Waals surface area contributed by atoms with Crippen LogP contribution >= 0.6 is 7.65 Å². The number of hydrogen-bond acceptors (Lipinski definition) is 2. The summed E-state index contributed by atoms with van der Waals surface area (Å²) in [7, 11) is -1.91. The summed E-state index contributed by atoms with van der Waals surface area (Å²) in [6.07, 6.45) is 0. The third-order valence-electron chi connectivity index (χ3n) is 5.29. The monoisotopic (exact) mass is 383 g/mol. The molecule has 0 saturated carbocycles. The maximum atomic E-state index is 13.0. The molecule has 3 rings (SSSR count). The van der Waals surface area contributed by atoms with Crippen LogP contribution in [0, 0.1) is 0 Å². The van der Waals surface area contributed by atoms with Gasteiger partial charge in [-0.1, -0.05) is 74.4 Å². The predicted molar refractivity (Wildman–Crippen MR) is 117 cm³/mol. The van der Waals surface area contributed by atoms with E-state index in [2.05, 4.69) is 92.6 Å². The summed E-state index contributed by atoms with van der Waals surface area (Å²) in [5.41, 5.74) is 4.31. The second kappa shape index (κ2) is 6.17. The molecule has 0 aliphatic heterocycles. The van der Waals surface area contributed by atoms with E-state index < -0.39 is 7.65 Å². The van der Waals surface area contributed by atoms with Crippen molar-refractivity contribution in [1.29, 1.82) is 0 Å². The molecule has 1 atom stereocenters. The summed E-state index contributed by atoms with van der Waals surface area (Å²) in [6, 6.07) is 10.8. The molecule has 0 radical (unpaired) electrons. The molecule has 1 heterocycles. The summed E-state index contributed by atoms with van der Waals surface area (Å²) in [4.78, 5) is 0. The van der Waals surface area contributed by atoms with Crippen LogP contribution in [-0.4, -0.2) is 0 Å². The molecule has 3 heteroatoms. The Morgan fingerprint density at radius 3 is 1.81 bits per heavy atom. The van der Waals surface area contributed by atoms with E-state index in [0.717, 1.165) is 27.0 Å². The van der Waals surface area contributed by atoms with Gasteiger partial charge >= 0.3 is 7.65 Å². The van der Waals surface area contributed by atoms with Crippen molar-refractivity contribution in [2.24, 2.45) is 0 Å². The van der Waals surface area contributed by atoms with Gasteiger partial charge in [0.15, 0.2) is 5.58 Å². The maximum Gasteiger partial charge on any atom is 0.597 e. The molecule has 2 nitrogen and oxygen atoms in total. The molecule has 2 aromatic carbocycles. The van der Waals surface area contributed by atoms with Crippen molar-refractivity contribution in [3.8, 4) is 0 Å². The molecule has 3 aromatic rings. The minimum absolute atomic E-state index is 0.00923. The lowest BCUT2D eigenvalue weighted by Gasteiger charge is -2.25. The molecule has 0 spiro atoms. The molecule has 0 saturated heterocycles. The largest absolute Gasteiger partial charge is 0.597 e. The van der Waals surface area contributed by atoms with E-state index in [4.69, 9.17) is 4.20 Å². The number of fused-ring (bicyclic) bond motifs is 3. The second-order valence-electron chi connectivity index (χ2n) is 10.7. The third kappa shape index (κ3) is 3.69. The van der Waals surface area contributed by atoms with Crippen LogP contribution in [0.1, 0.15) is 79.0 Å². The summed E-state index contributed by atoms with van der Waals surface area (Å²) in [5, 5.41) is 2.93. The lowest BCUT2D eigenvalue weighted by molar-refractivity contribution is 0.547. The van der Waals surface area contributed by atoms with Crippen molar-refractivity contribution in [2.45, 2.75) is 78.6 Å². The van der Waals surface area contributed by atoms with Crippen LogP contribution in [0.15, 0.2) is 34.5 Å². The molecule has 144 valence electrons. The van der Waals surface area contributed by atoms with Gasteiger partial charge in [0.25, 0.3) is 0 Å². The lowest BCUT2D eigenvalue weighted by atomic mass is 9.79. The van der Waals surface area contributed by atoms with Crippen molar-refractivity contribution in [3.05, 3.63) is 47.0 Å². The Bertz CT molecular complexity index is 1080. The van der Waals surface area contributed by atoms with Crippen LogP contribution in [-0.2, 0) is 20.8 Å². The molecule has 0 amide bonds. The van der Waals surface area contributed by atoms with Crippen molar-refractivity contribution in [1.82, 2.24) is 0 Å². The second-order valence-corrected chi connectivity index (χ2v) is 11.9. The van der Waals surface area contributed by atoms with Gasteiger partial charge in [0.2, 0.25) is 5.12 Å². The molecule has 0 aliphatic carbocycles. The van der Waals surface area contributed by atoms with E-state index in [1.54, 1.807) is 0 Å². The molecule has 1 aromatic heterocycles. The standard InChI is InChI=1S/C24H32O2P/c1-22(2,3)15-10-11-17-18-12-16(23(4,5)6)13-19(24(7,8)9)21(18)26-27(25)20(17)14-15/h10-14H,1-9H3/q+1. The summed E-state index contributed by atoms with van der Waals surface area (Å²) in [5.74, 6) is 0. The molecule has 0 fully saturated rings. The van der Waals surface area contributed by atoms with Crippen molar-refractivity contribution >= 4 is 29.1 Å². The number of benzene rings is 2. The molecule has 0 aliphatic rings. The third-order valence-corrected chi connectivity index (χ3v) is 6.40. The number of rotatable bonds is 0. The highest BCUT2D eigenvalue weighted by atomic mass is 31.1. The Morgan fingerprint density at radius 2 is 1.30 bits per heavy atom. The van der Waals surface area contributed by atoms with Gasteiger partial charge in [0.1, 0.15) is 0 Å². The van der Waals surface area contributed by atoms with E-state index in [9.17, 15) is 4.57 Å². The van der Waals surface area contributed by atoms with Crippen molar-refractivity contribution < 1.29 is 8.76 Å². The summed E-state index contributed by atoms with van der Waals surface area (Å²) in [6.45, 7) is 19.8. The summed E-state index contributed by atoms with van der Waals surface area (Å²) < 4.78 is 19.1. The highest BCUT2D eigenvalue weighted by Gasteiger charge is 2.28. The predicted octanol–water partition coefficient (Wildman–Crippen LogP) is 8.22. The smallest absolute Gasteiger partial charge is 0.249 e. The van der Waals surface area contributed by atoms with Gasteiger partial charge in [-0.2, -0.15) is 0 Å². The minimum Gasteiger partial charge on any atom is -0.249 e. The van der Waals surface area contributed by atoms with Crippen LogP contribution in [0.25, 0.3) is 21.5 Å². The highest BCUT2D eigenvalue weighted by molar-refractivity contribution is 7.37. The normalized spacial score (nSPS) is 14.2.